The molecule has 0 aliphatic heterocycles. The summed E-state index contributed by atoms with van der Waals surface area (Å²) in [4.78, 5) is 15.8. The van der Waals surface area contributed by atoms with E-state index in [1.54, 1.807) is 6.07 Å². The van der Waals surface area contributed by atoms with Gasteiger partial charge >= 0.3 is 5.97 Å². The Morgan fingerprint density at radius 3 is 2.54 bits per heavy atom. The zero-order valence-corrected chi connectivity index (χ0v) is 14.1. The molecule has 0 radical (unpaired) electrons. The van der Waals surface area contributed by atoms with E-state index < -0.39 is 5.97 Å². The summed E-state index contributed by atoms with van der Waals surface area (Å²) in [6.45, 7) is 4.16. The number of halogens is 1. The number of esters is 1. The van der Waals surface area contributed by atoms with Crippen molar-refractivity contribution in [1.82, 2.24) is 14.8 Å². The summed E-state index contributed by atoms with van der Waals surface area (Å²) in [5, 5.41) is 4.71. The van der Waals surface area contributed by atoms with E-state index in [9.17, 15) is 4.79 Å². The van der Waals surface area contributed by atoms with Crippen LogP contribution in [-0.2, 0) is 11.3 Å². The zero-order chi connectivity index (χ0) is 17.1. The minimum atomic E-state index is -0.429. The largest absolute Gasteiger partial charge is 0.457 e. The van der Waals surface area contributed by atoms with E-state index in [1.165, 1.54) is 12.3 Å². The van der Waals surface area contributed by atoms with Gasteiger partial charge in [-0.25, -0.2) is 14.5 Å². The molecule has 0 aliphatic carbocycles. The van der Waals surface area contributed by atoms with E-state index in [-0.39, 0.29) is 11.8 Å². The fourth-order valence-corrected chi connectivity index (χ4v) is 2.56. The van der Waals surface area contributed by atoms with E-state index in [1.807, 2.05) is 48.9 Å². The Balaban J connectivity index is 1.66. The van der Waals surface area contributed by atoms with Crippen LogP contribution in [0, 0.1) is 13.8 Å². The molecule has 2 heterocycles. The Bertz CT molecular complexity index is 872. The van der Waals surface area contributed by atoms with Gasteiger partial charge < -0.3 is 4.74 Å². The normalized spacial score (nSPS) is 10.6. The van der Waals surface area contributed by atoms with Gasteiger partial charge in [0.1, 0.15) is 11.8 Å². The first-order chi connectivity index (χ1) is 11.5. The van der Waals surface area contributed by atoms with Crippen LogP contribution < -0.4 is 0 Å². The second-order valence-electron chi connectivity index (χ2n) is 5.45. The molecule has 3 aromatic rings. The van der Waals surface area contributed by atoms with Gasteiger partial charge in [-0.3, -0.25) is 0 Å². The molecule has 3 rings (SSSR count). The molecule has 5 nitrogen and oxygen atoms in total. The predicted molar refractivity (Wildman–Crippen MR) is 91.4 cm³/mol. The van der Waals surface area contributed by atoms with Gasteiger partial charge in [0.05, 0.1) is 16.9 Å². The smallest absolute Gasteiger partial charge is 0.338 e. The van der Waals surface area contributed by atoms with E-state index in [2.05, 4.69) is 10.1 Å². The molecule has 0 amide bonds. The van der Waals surface area contributed by atoms with Crippen LogP contribution in [0.4, 0.5) is 0 Å². The van der Waals surface area contributed by atoms with Crippen molar-refractivity contribution in [2.24, 2.45) is 0 Å². The molecule has 1 aromatic carbocycles. The summed E-state index contributed by atoms with van der Waals surface area (Å²) in [5.74, 6) is -0.429. The summed E-state index contributed by atoms with van der Waals surface area (Å²) in [6, 6.07) is 12.8. The minimum absolute atomic E-state index is 0.191. The van der Waals surface area contributed by atoms with Crippen LogP contribution in [0.2, 0.25) is 5.15 Å². The molecule has 0 fully saturated rings. The van der Waals surface area contributed by atoms with Crippen LogP contribution in [0.25, 0.3) is 5.69 Å². The highest BCUT2D eigenvalue weighted by atomic mass is 35.5. The second kappa shape index (κ2) is 6.84. The van der Waals surface area contributed by atoms with Crippen molar-refractivity contribution in [3.05, 3.63) is 76.3 Å². The maximum Gasteiger partial charge on any atom is 0.338 e. The first-order valence-corrected chi connectivity index (χ1v) is 7.82. The highest BCUT2D eigenvalue weighted by molar-refractivity contribution is 6.29. The highest BCUT2D eigenvalue weighted by Gasteiger charge is 2.09. The molecule has 0 unspecified atom stereocenters. The van der Waals surface area contributed by atoms with Gasteiger partial charge in [-0.05, 0) is 49.7 Å². The minimum Gasteiger partial charge on any atom is -0.457 e. The summed E-state index contributed by atoms with van der Waals surface area (Å²) in [6.07, 6.45) is 1.47. The number of aryl methyl sites for hydroxylation is 2. The fraction of sp³-hybridized carbons (Fsp3) is 0.167. The van der Waals surface area contributed by atoms with Crippen molar-refractivity contribution < 1.29 is 9.53 Å². The number of hydrogen-bond donors (Lipinski definition) is 0. The van der Waals surface area contributed by atoms with Gasteiger partial charge in [-0.2, -0.15) is 5.10 Å². The Labute approximate surface area is 144 Å². The average molecular weight is 342 g/mol. The third-order valence-electron chi connectivity index (χ3n) is 3.52. The lowest BCUT2D eigenvalue weighted by Gasteiger charge is -2.07. The van der Waals surface area contributed by atoms with Crippen molar-refractivity contribution in [3.63, 3.8) is 0 Å². The average Bonchev–Trinajstić information content (AvgIpc) is 2.91. The first kappa shape index (κ1) is 16.2. The van der Waals surface area contributed by atoms with Crippen LogP contribution in [0.15, 0.2) is 48.7 Å². The molecule has 0 N–H and O–H groups in total. The Morgan fingerprint density at radius 1 is 1.17 bits per heavy atom. The molecule has 6 heteroatoms. The lowest BCUT2D eigenvalue weighted by molar-refractivity contribution is 0.0472. The summed E-state index contributed by atoms with van der Waals surface area (Å²) in [5.41, 5.74) is 4.29. The number of pyridine rings is 1. The second-order valence-corrected chi connectivity index (χ2v) is 5.84. The predicted octanol–water partition coefficient (Wildman–Crippen LogP) is 3.89. The molecular formula is C18H16ClN3O2. The van der Waals surface area contributed by atoms with Crippen LogP contribution in [-0.4, -0.2) is 20.7 Å². The van der Waals surface area contributed by atoms with E-state index in [0.717, 1.165) is 22.6 Å². The number of rotatable bonds is 4. The standard InChI is InChI=1S/C18H16ClN3O2/c1-12-9-13(2)22(21-12)16-5-3-14(4-6-16)11-24-18(23)15-7-8-20-17(19)10-15/h3-10H,11H2,1-2H3. The van der Waals surface area contributed by atoms with Crippen molar-refractivity contribution in [1.29, 1.82) is 0 Å². The third kappa shape index (κ3) is 3.63. The van der Waals surface area contributed by atoms with Crippen molar-refractivity contribution in [2.45, 2.75) is 20.5 Å². The number of nitrogens with zero attached hydrogens (tertiary/aromatic N) is 3. The van der Waals surface area contributed by atoms with E-state index in [0.29, 0.717) is 5.56 Å². The molecule has 2 aromatic heterocycles. The molecule has 0 atom stereocenters. The molecule has 0 spiro atoms. The Hall–Kier alpha value is -2.66. The Kier molecular flexibility index (Phi) is 4.62. The number of hydrogen-bond acceptors (Lipinski definition) is 4. The molecule has 0 saturated heterocycles. The topological polar surface area (TPSA) is 57.0 Å². The molecular weight excluding hydrogens is 326 g/mol. The highest BCUT2D eigenvalue weighted by Crippen LogP contribution is 2.14. The van der Waals surface area contributed by atoms with Gasteiger partial charge in [-0.15, -0.1) is 0 Å². The molecule has 0 saturated carbocycles. The van der Waals surface area contributed by atoms with Crippen molar-refractivity contribution >= 4 is 17.6 Å². The van der Waals surface area contributed by atoms with Crippen LogP contribution in [0.1, 0.15) is 27.3 Å². The number of carbonyl (C=O) groups excluding carboxylic acids is 1. The summed E-state index contributed by atoms with van der Waals surface area (Å²) in [7, 11) is 0. The van der Waals surface area contributed by atoms with Crippen molar-refractivity contribution in [2.75, 3.05) is 0 Å². The molecule has 0 aliphatic rings. The lowest BCUT2D eigenvalue weighted by Crippen LogP contribution is -2.06. The summed E-state index contributed by atoms with van der Waals surface area (Å²) < 4.78 is 7.17. The lowest BCUT2D eigenvalue weighted by atomic mass is 10.2. The fourth-order valence-electron chi connectivity index (χ4n) is 2.39. The zero-order valence-electron chi connectivity index (χ0n) is 13.4. The number of ether oxygens (including phenoxy) is 1. The van der Waals surface area contributed by atoms with Crippen LogP contribution >= 0.6 is 11.6 Å². The third-order valence-corrected chi connectivity index (χ3v) is 3.73. The SMILES string of the molecule is Cc1cc(C)n(-c2ccc(COC(=O)c3ccnc(Cl)c3)cc2)n1. The van der Waals surface area contributed by atoms with Gasteiger partial charge in [0.25, 0.3) is 0 Å². The van der Waals surface area contributed by atoms with Gasteiger partial charge in [-0.1, -0.05) is 23.7 Å². The van der Waals surface area contributed by atoms with Crippen LogP contribution in [0.5, 0.6) is 0 Å². The Morgan fingerprint density at radius 2 is 1.92 bits per heavy atom. The van der Waals surface area contributed by atoms with Gasteiger partial charge in [0.2, 0.25) is 0 Å². The molecule has 0 bridgehead atoms. The maximum atomic E-state index is 12.0. The van der Waals surface area contributed by atoms with E-state index >= 15 is 0 Å². The van der Waals surface area contributed by atoms with E-state index in [4.69, 9.17) is 16.3 Å². The summed E-state index contributed by atoms with van der Waals surface area (Å²) >= 11 is 5.77. The molecule has 122 valence electrons. The van der Waals surface area contributed by atoms with Gasteiger partial charge in [0, 0.05) is 11.9 Å². The van der Waals surface area contributed by atoms with Gasteiger partial charge in [0.15, 0.2) is 0 Å². The first-order valence-electron chi connectivity index (χ1n) is 7.44. The van der Waals surface area contributed by atoms with Crippen LogP contribution in [0.3, 0.4) is 0 Å². The quantitative estimate of drug-likeness (QED) is 0.533. The van der Waals surface area contributed by atoms with Crippen molar-refractivity contribution in [3.8, 4) is 5.69 Å². The number of aromatic nitrogens is 3. The number of carbonyl (C=O) groups is 1. The monoisotopic (exact) mass is 341 g/mol. The maximum absolute atomic E-state index is 12.0. The number of benzene rings is 1. The molecule has 24 heavy (non-hydrogen) atoms.